The van der Waals surface area contributed by atoms with Gasteiger partial charge in [0.15, 0.2) is 0 Å². The number of imide groups is 1. The first-order chi connectivity index (χ1) is 18.3. The number of fused-ring (bicyclic) bond motifs is 2. The van der Waals surface area contributed by atoms with E-state index < -0.39 is 40.6 Å². The van der Waals surface area contributed by atoms with Gasteiger partial charge in [0.25, 0.3) is 0 Å². The molecule has 3 atom stereocenters. The van der Waals surface area contributed by atoms with Crippen LogP contribution in [-0.2, 0) is 20.9 Å². The van der Waals surface area contributed by atoms with E-state index in [9.17, 15) is 23.6 Å². The number of benzene rings is 2. The van der Waals surface area contributed by atoms with Crippen LogP contribution in [0.25, 0.3) is 0 Å². The maximum absolute atomic E-state index is 13.7. The molecule has 3 amide bonds. The van der Waals surface area contributed by atoms with Crippen molar-refractivity contribution < 1.29 is 23.2 Å². The van der Waals surface area contributed by atoms with Crippen molar-refractivity contribution in [1.82, 2.24) is 4.57 Å². The van der Waals surface area contributed by atoms with Gasteiger partial charge in [0.1, 0.15) is 23.4 Å². The molecule has 0 saturated carbocycles. The van der Waals surface area contributed by atoms with E-state index in [1.54, 1.807) is 24.3 Å². The normalized spacial score (nSPS) is 20.4. The minimum absolute atomic E-state index is 0.252. The van der Waals surface area contributed by atoms with Crippen LogP contribution >= 0.6 is 23.1 Å². The van der Waals surface area contributed by atoms with Crippen LogP contribution in [0.2, 0.25) is 0 Å². The molecule has 0 bridgehead atoms. The highest BCUT2D eigenvalue weighted by atomic mass is 32.2. The third kappa shape index (κ3) is 4.07. The average Bonchev–Trinajstić information content (AvgIpc) is 3.59. The van der Waals surface area contributed by atoms with E-state index in [0.717, 1.165) is 33.6 Å². The summed E-state index contributed by atoms with van der Waals surface area (Å²) in [6.45, 7) is 1.69. The Kier molecular flexibility index (Phi) is 6.04. The van der Waals surface area contributed by atoms with Crippen LogP contribution in [0.15, 0.2) is 81.2 Å². The molecule has 6 rings (SSSR count). The Morgan fingerprint density at radius 1 is 1.03 bits per heavy atom. The Morgan fingerprint density at radius 3 is 2.45 bits per heavy atom. The zero-order chi connectivity index (χ0) is 26.6. The van der Waals surface area contributed by atoms with Crippen molar-refractivity contribution in [3.05, 3.63) is 98.6 Å². The number of nitrogens with zero attached hydrogens (tertiary/aromatic N) is 2. The molecule has 2 aliphatic heterocycles. The Morgan fingerprint density at radius 2 is 1.76 bits per heavy atom. The minimum Gasteiger partial charge on any atom is -0.469 e. The Bertz CT molecular complexity index is 1610. The van der Waals surface area contributed by atoms with Gasteiger partial charge in [0, 0.05) is 5.69 Å². The molecule has 8 nitrogen and oxygen atoms in total. The second-order valence-corrected chi connectivity index (χ2v) is 11.2. The summed E-state index contributed by atoms with van der Waals surface area (Å²) in [5.41, 5.74) is 1.92. The van der Waals surface area contributed by atoms with Crippen molar-refractivity contribution in [3.8, 4) is 0 Å². The van der Waals surface area contributed by atoms with Gasteiger partial charge >= 0.3 is 4.87 Å². The largest absolute Gasteiger partial charge is 0.469 e. The summed E-state index contributed by atoms with van der Waals surface area (Å²) in [4.78, 5) is 54.5. The number of rotatable bonds is 5. The maximum atomic E-state index is 13.7. The van der Waals surface area contributed by atoms with Crippen LogP contribution in [0, 0.1) is 18.7 Å². The number of nitrogens with one attached hydrogen (secondary N) is 1. The Balaban J connectivity index is 1.38. The molecule has 0 spiro atoms. The number of hydrogen-bond donors (Lipinski definition) is 1. The van der Waals surface area contributed by atoms with Gasteiger partial charge in [-0.2, -0.15) is 0 Å². The number of aromatic nitrogens is 1. The first-order valence-electron chi connectivity index (χ1n) is 11.8. The lowest BCUT2D eigenvalue weighted by molar-refractivity contribution is -0.122. The molecule has 0 aliphatic carbocycles. The molecule has 2 aromatic heterocycles. The number of carbonyl (C=O) groups excluding carboxylic acids is 3. The second kappa shape index (κ2) is 9.41. The van der Waals surface area contributed by atoms with E-state index in [-0.39, 0.29) is 17.1 Å². The number of anilines is 2. The van der Waals surface area contributed by atoms with Crippen molar-refractivity contribution in [2.24, 2.45) is 5.92 Å². The van der Waals surface area contributed by atoms with Crippen LogP contribution in [-0.4, -0.2) is 27.5 Å². The summed E-state index contributed by atoms with van der Waals surface area (Å²) in [5, 5.41) is 2.40. The second-order valence-electron chi connectivity index (χ2n) is 9.08. The highest BCUT2D eigenvalue weighted by Gasteiger charge is 2.57. The van der Waals surface area contributed by atoms with Crippen molar-refractivity contribution in [3.63, 3.8) is 0 Å². The molecule has 1 fully saturated rings. The van der Waals surface area contributed by atoms with Crippen LogP contribution in [0.1, 0.15) is 22.1 Å². The summed E-state index contributed by atoms with van der Waals surface area (Å²) in [7, 11) is 0. The average molecular weight is 550 g/mol. The fourth-order valence-corrected chi connectivity index (χ4v) is 7.61. The summed E-state index contributed by atoms with van der Waals surface area (Å²) in [6, 6.07) is 15.8. The number of hydrogen-bond acceptors (Lipinski definition) is 7. The molecule has 11 heteroatoms. The molecule has 38 heavy (non-hydrogen) atoms. The molecule has 1 N–H and O–H groups in total. The van der Waals surface area contributed by atoms with Gasteiger partial charge in [0.05, 0.1) is 33.7 Å². The lowest BCUT2D eigenvalue weighted by Crippen LogP contribution is -2.32. The SMILES string of the molecule is Cc1ccc(NC(=O)Cn2c3c(sc2=O)C(c2ccco2)C2C(=O)N(c4ccc(F)cc4)C(=O)C2S3)cc1. The molecular formula is C27H20FN3O5S2. The lowest BCUT2D eigenvalue weighted by Gasteiger charge is -2.29. The topological polar surface area (TPSA) is 102 Å². The Labute approximate surface area is 224 Å². The smallest absolute Gasteiger partial charge is 0.308 e. The summed E-state index contributed by atoms with van der Waals surface area (Å²) >= 11 is 2.04. The predicted molar refractivity (Wildman–Crippen MR) is 141 cm³/mol. The van der Waals surface area contributed by atoms with Gasteiger partial charge in [0.2, 0.25) is 17.7 Å². The molecule has 192 valence electrons. The number of thioether (sulfide) groups is 1. The van der Waals surface area contributed by atoms with Gasteiger partial charge in [-0.3, -0.25) is 23.7 Å². The lowest BCUT2D eigenvalue weighted by atomic mass is 9.87. The molecular weight excluding hydrogens is 529 g/mol. The number of thiazole rings is 1. The Hall–Kier alpha value is -3.96. The van der Waals surface area contributed by atoms with E-state index in [2.05, 4.69) is 5.32 Å². The fourth-order valence-electron chi connectivity index (χ4n) is 4.86. The van der Waals surface area contributed by atoms with Gasteiger partial charge in [-0.1, -0.05) is 40.8 Å². The molecule has 3 unspecified atom stereocenters. The highest BCUT2D eigenvalue weighted by molar-refractivity contribution is 8.00. The molecule has 4 heterocycles. The third-order valence-corrected chi connectivity index (χ3v) is 9.22. The quantitative estimate of drug-likeness (QED) is 0.371. The predicted octanol–water partition coefficient (Wildman–Crippen LogP) is 4.38. The van der Waals surface area contributed by atoms with Crippen molar-refractivity contribution >= 4 is 52.2 Å². The molecule has 1 saturated heterocycles. The molecule has 2 aliphatic rings. The summed E-state index contributed by atoms with van der Waals surface area (Å²) < 4.78 is 20.5. The number of amides is 3. The minimum atomic E-state index is -0.851. The first kappa shape index (κ1) is 24.4. The van der Waals surface area contributed by atoms with E-state index in [1.165, 1.54) is 35.1 Å². The van der Waals surface area contributed by atoms with E-state index in [4.69, 9.17) is 4.42 Å². The van der Waals surface area contributed by atoms with Crippen LogP contribution in [0.3, 0.4) is 0 Å². The zero-order valence-electron chi connectivity index (χ0n) is 19.9. The van der Waals surface area contributed by atoms with Crippen LogP contribution in [0.4, 0.5) is 15.8 Å². The van der Waals surface area contributed by atoms with E-state index in [1.807, 2.05) is 19.1 Å². The van der Waals surface area contributed by atoms with Gasteiger partial charge in [-0.25, -0.2) is 9.29 Å². The summed E-state index contributed by atoms with van der Waals surface area (Å²) in [5.74, 6) is -2.86. The van der Waals surface area contributed by atoms with Crippen LogP contribution < -0.4 is 15.1 Å². The van der Waals surface area contributed by atoms with Gasteiger partial charge in [-0.05, 0) is 55.5 Å². The zero-order valence-corrected chi connectivity index (χ0v) is 21.6. The number of furan rings is 1. The van der Waals surface area contributed by atoms with Crippen molar-refractivity contribution in [2.75, 3.05) is 10.2 Å². The molecule has 0 radical (unpaired) electrons. The third-order valence-electron chi connectivity index (χ3n) is 6.62. The highest BCUT2D eigenvalue weighted by Crippen LogP contribution is 2.53. The molecule has 4 aromatic rings. The summed E-state index contributed by atoms with van der Waals surface area (Å²) in [6.07, 6.45) is 1.47. The van der Waals surface area contributed by atoms with E-state index in [0.29, 0.717) is 21.4 Å². The number of aryl methyl sites for hydroxylation is 1. The standard InChI is InChI=1S/C27H20FN3O5S2/c1-14-4-8-16(9-5-14)29-19(32)13-30-26-23(38-27(30)35)20(18-3-2-12-36-18)21-22(37-26)25(34)31(24(21)33)17-10-6-15(28)7-11-17/h2-12,20-22H,13H2,1H3,(H,29,32). The number of carbonyl (C=O) groups is 3. The maximum Gasteiger partial charge on any atom is 0.308 e. The monoisotopic (exact) mass is 549 g/mol. The van der Waals surface area contributed by atoms with E-state index >= 15 is 0 Å². The van der Waals surface area contributed by atoms with Crippen molar-refractivity contribution in [1.29, 1.82) is 0 Å². The van der Waals surface area contributed by atoms with Crippen molar-refractivity contribution in [2.45, 2.75) is 29.7 Å². The van der Waals surface area contributed by atoms with Gasteiger partial charge < -0.3 is 9.73 Å². The first-order valence-corrected chi connectivity index (χ1v) is 13.4. The number of halogens is 1. The van der Waals surface area contributed by atoms with Gasteiger partial charge in [-0.15, -0.1) is 0 Å². The molecule has 2 aromatic carbocycles. The fraction of sp³-hybridized carbons (Fsp3) is 0.185. The van der Waals surface area contributed by atoms with Crippen LogP contribution in [0.5, 0.6) is 0 Å².